The van der Waals surface area contributed by atoms with Crippen molar-refractivity contribution in [2.75, 3.05) is 26.2 Å². The van der Waals surface area contributed by atoms with Gasteiger partial charge in [0, 0.05) is 44.1 Å². The lowest BCUT2D eigenvalue weighted by atomic mass is 9.90. The van der Waals surface area contributed by atoms with Crippen LogP contribution in [0.15, 0.2) is 54.5 Å². The van der Waals surface area contributed by atoms with Crippen molar-refractivity contribution in [1.29, 1.82) is 0 Å². The Morgan fingerprint density at radius 1 is 1.08 bits per heavy atom. The highest BCUT2D eigenvalue weighted by Gasteiger charge is 2.54. The first-order chi connectivity index (χ1) is 24.5. The van der Waals surface area contributed by atoms with E-state index in [0.717, 1.165) is 11.1 Å². The normalized spacial score (nSPS) is 25.1. The zero-order valence-electron chi connectivity index (χ0n) is 34.5. The SMILES string of the molecule is [2H]c1c([2H])c([2H])c(C[C@H](C[C@H](O)CN2CCN(C(=O)OC(C)(C)C)C[C@H]2C(=O)NC(C)(C)C)C(=O)N2[C@H]3c4ccccc4C[C@H]3OC2(C)C)c([2H])c1[2H]. The standard InChI is InChI=1S/C38H54N4O6/c1-36(2,3)39-33(44)30-24-41(35(46)48-37(4,5)6)19-18-40(30)23-28(43)21-27(20-25-14-10-9-11-15-25)34(45)42-32-29-17-13-12-16-26(29)22-31(32)47-38(42,7)8/h9-17,27-28,30-32,43H,18-24H2,1-8H3,(H,39,44)/t27-,28+,30+,31-,32+/m1/s1/i9D,10D,11D,14D,15D. The largest absolute Gasteiger partial charge is 0.444 e. The Kier molecular flexibility index (Phi) is 8.47. The molecule has 5 atom stereocenters. The Bertz CT molecular complexity index is 1720. The van der Waals surface area contributed by atoms with Crippen LogP contribution in [0.4, 0.5) is 4.79 Å². The number of nitrogens with one attached hydrogen (secondary N) is 1. The summed E-state index contributed by atoms with van der Waals surface area (Å²) in [6, 6.07) is 4.27. The van der Waals surface area contributed by atoms with E-state index in [1.165, 1.54) is 4.90 Å². The van der Waals surface area contributed by atoms with Crippen LogP contribution in [0.2, 0.25) is 0 Å². The van der Waals surface area contributed by atoms with Gasteiger partial charge >= 0.3 is 6.09 Å². The van der Waals surface area contributed by atoms with E-state index >= 15 is 0 Å². The minimum atomic E-state index is -1.18. The number of rotatable bonds is 8. The van der Waals surface area contributed by atoms with Crippen molar-refractivity contribution < 1.29 is 35.8 Å². The molecule has 0 unspecified atom stereocenters. The van der Waals surface area contributed by atoms with E-state index in [9.17, 15) is 19.5 Å². The predicted octanol–water partition coefficient (Wildman–Crippen LogP) is 4.69. The van der Waals surface area contributed by atoms with Gasteiger partial charge in [-0.15, -0.1) is 0 Å². The molecule has 0 bridgehead atoms. The number of carbonyl (C=O) groups is 3. The number of aliphatic hydroxyl groups is 1. The summed E-state index contributed by atoms with van der Waals surface area (Å²) in [5.74, 6) is -1.72. The minimum absolute atomic E-state index is 0.0174. The first-order valence-corrected chi connectivity index (χ1v) is 16.9. The first kappa shape index (κ1) is 29.4. The van der Waals surface area contributed by atoms with E-state index in [1.54, 1.807) is 30.6 Å². The van der Waals surface area contributed by atoms with Crippen molar-refractivity contribution in [3.05, 3.63) is 71.2 Å². The Labute approximate surface area is 292 Å². The highest BCUT2D eigenvalue weighted by Crippen LogP contribution is 2.49. The molecule has 2 saturated heterocycles. The van der Waals surface area contributed by atoms with Crippen LogP contribution in [0, 0.1) is 5.92 Å². The third-order valence-electron chi connectivity index (χ3n) is 8.98. The van der Waals surface area contributed by atoms with Gasteiger partial charge < -0.3 is 29.7 Å². The fourth-order valence-electron chi connectivity index (χ4n) is 7.11. The topological polar surface area (TPSA) is 112 Å². The number of fused-ring (bicyclic) bond motifs is 3. The quantitative estimate of drug-likeness (QED) is 0.420. The third-order valence-corrected chi connectivity index (χ3v) is 8.98. The molecule has 0 aromatic heterocycles. The molecule has 2 aliphatic heterocycles. The summed E-state index contributed by atoms with van der Waals surface area (Å²) in [5, 5.41) is 14.8. The van der Waals surface area contributed by atoms with Gasteiger partial charge in [0.15, 0.2) is 0 Å². The van der Waals surface area contributed by atoms with Gasteiger partial charge in [0.05, 0.1) is 25.1 Å². The molecule has 3 aliphatic rings. The average molecular weight is 668 g/mol. The predicted molar refractivity (Wildman–Crippen MR) is 184 cm³/mol. The summed E-state index contributed by atoms with van der Waals surface area (Å²) in [4.78, 5) is 46.6. The van der Waals surface area contributed by atoms with Crippen LogP contribution in [0.1, 0.15) is 91.4 Å². The maximum absolute atomic E-state index is 14.9. The van der Waals surface area contributed by atoms with Gasteiger partial charge in [-0.05, 0) is 84.9 Å². The van der Waals surface area contributed by atoms with Gasteiger partial charge in [-0.25, -0.2) is 4.79 Å². The lowest BCUT2D eigenvalue weighted by molar-refractivity contribution is -0.153. The highest BCUT2D eigenvalue weighted by molar-refractivity contribution is 5.84. The number of nitrogens with zero attached hydrogens (tertiary/aromatic N) is 3. The number of ether oxygens (including phenoxy) is 2. The summed E-state index contributed by atoms with van der Waals surface area (Å²) in [7, 11) is 0. The van der Waals surface area contributed by atoms with Crippen molar-refractivity contribution >= 4 is 17.9 Å². The second-order valence-electron chi connectivity index (χ2n) is 15.7. The molecule has 10 nitrogen and oxygen atoms in total. The van der Waals surface area contributed by atoms with Crippen molar-refractivity contribution in [1.82, 2.24) is 20.0 Å². The molecular formula is C38H54N4O6. The van der Waals surface area contributed by atoms with Crippen LogP contribution in [-0.4, -0.2) is 99.0 Å². The van der Waals surface area contributed by atoms with Crippen molar-refractivity contribution in [3.8, 4) is 0 Å². The molecule has 48 heavy (non-hydrogen) atoms. The van der Waals surface area contributed by atoms with Gasteiger partial charge in [-0.2, -0.15) is 0 Å². The molecule has 0 spiro atoms. The summed E-state index contributed by atoms with van der Waals surface area (Å²) < 4.78 is 53.9. The minimum Gasteiger partial charge on any atom is -0.444 e. The monoisotopic (exact) mass is 667 g/mol. The molecule has 2 aromatic carbocycles. The number of benzene rings is 2. The molecule has 1 aliphatic carbocycles. The Morgan fingerprint density at radius 2 is 1.77 bits per heavy atom. The second kappa shape index (κ2) is 13.8. The van der Waals surface area contributed by atoms with Crippen LogP contribution in [0.25, 0.3) is 0 Å². The van der Waals surface area contributed by atoms with E-state index in [0.29, 0.717) is 6.42 Å². The summed E-state index contributed by atoms with van der Waals surface area (Å²) in [5.41, 5.74) is -0.311. The molecule has 2 aromatic rings. The van der Waals surface area contributed by atoms with E-state index in [4.69, 9.17) is 16.3 Å². The summed E-state index contributed by atoms with van der Waals surface area (Å²) in [6.07, 6.45) is -1.74. The second-order valence-corrected chi connectivity index (χ2v) is 15.7. The number of hydrogen-bond donors (Lipinski definition) is 2. The van der Waals surface area contributed by atoms with Crippen molar-refractivity contribution in [2.45, 2.75) is 116 Å². The Morgan fingerprint density at radius 3 is 2.44 bits per heavy atom. The van der Waals surface area contributed by atoms with Gasteiger partial charge in [0.2, 0.25) is 11.8 Å². The number of aliphatic hydroxyl groups excluding tert-OH is 1. The molecule has 2 heterocycles. The van der Waals surface area contributed by atoms with Crippen molar-refractivity contribution in [2.24, 2.45) is 5.92 Å². The Balaban J connectivity index is 1.46. The number of piperazine rings is 1. The molecular weight excluding hydrogens is 608 g/mol. The van der Waals surface area contributed by atoms with Gasteiger partial charge in [-0.1, -0.05) is 54.5 Å². The van der Waals surface area contributed by atoms with Crippen LogP contribution in [0.5, 0.6) is 0 Å². The lowest BCUT2D eigenvalue weighted by Crippen LogP contribution is -2.63. The van der Waals surface area contributed by atoms with Crippen LogP contribution >= 0.6 is 0 Å². The van der Waals surface area contributed by atoms with Gasteiger partial charge in [0.25, 0.3) is 0 Å². The number of amides is 3. The zero-order chi connectivity index (χ0) is 39.4. The average Bonchev–Trinajstić information content (AvgIpc) is 3.52. The van der Waals surface area contributed by atoms with E-state index in [2.05, 4.69) is 5.32 Å². The smallest absolute Gasteiger partial charge is 0.410 e. The maximum Gasteiger partial charge on any atom is 0.410 e. The fourth-order valence-corrected chi connectivity index (χ4v) is 7.11. The summed E-state index contributed by atoms with van der Waals surface area (Å²) in [6.45, 7) is 15.0. The summed E-state index contributed by atoms with van der Waals surface area (Å²) >= 11 is 0. The zero-order valence-corrected chi connectivity index (χ0v) is 29.5. The molecule has 5 rings (SSSR count). The number of hydrogen-bond acceptors (Lipinski definition) is 7. The van der Waals surface area contributed by atoms with E-state index in [1.807, 2.05) is 58.9 Å². The number of carbonyl (C=O) groups excluding carboxylic acids is 3. The fraction of sp³-hybridized carbons (Fsp3) is 0.605. The lowest BCUT2D eigenvalue weighted by Gasteiger charge is -2.42. The van der Waals surface area contributed by atoms with Crippen LogP contribution < -0.4 is 5.32 Å². The Hall–Kier alpha value is -3.47. The molecule has 2 N–H and O–H groups in total. The molecule has 262 valence electrons. The van der Waals surface area contributed by atoms with Gasteiger partial charge in [-0.3, -0.25) is 14.5 Å². The number of β-amino-alcohol motifs (C(OH)–C–C–N with tert-alkyl or cyclic N) is 1. The van der Waals surface area contributed by atoms with Crippen LogP contribution in [-0.2, 0) is 31.9 Å². The molecule has 0 radical (unpaired) electrons. The maximum atomic E-state index is 14.9. The van der Waals surface area contributed by atoms with Gasteiger partial charge in [0.1, 0.15) is 17.4 Å². The molecule has 0 saturated carbocycles. The third kappa shape index (κ3) is 8.39. The highest BCUT2D eigenvalue weighted by atomic mass is 16.6. The molecule has 2 fully saturated rings. The van der Waals surface area contributed by atoms with E-state index < -0.39 is 77.3 Å². The molecule has 3 amide bonds. The first-order valence-electron chi connectivity index (χ1n) is 19.4. The van der Waals surface area contributed by atoms with Crippen molar-refractivity contribution in [3.63, 3.8) is 0 Å². The van der Waals surface area contributed by atoms with E-state index in [-0.39, 0.29) is 62.5 Å². The van der Waals surface area contributed by atoms with Crippen LogP contribution in [0.3, 0.4) is 0 Å². The molecule has 10 heteroatoms.